The van der Waals surface area contributed by atoms with Crippen molar-refractivity contribution in [2.75, 3.05) is 0 Å². The van der Waals surface area contributed by atoms with Crippen molar-refractivity contribution in [2.24, 2.45) is 10.8 Å². The number of hydrogen-bond acceptors (Lipinski definition) is 2. The third-order valence-corrected chi connectivity index (χ3v) is 2.89. The van der Waals surface area contributed by atoms with E-state index in [1.165, 1.54) is 0 Å². The van der Waals surface area contributed by atoms with Crippen LogP contribution in [0.25, 0.3) is 0 Å². The Morgan fingerprint density at radius 3 is 1.61 bits per heavy atom. The van der Waals surface area contributed by atoms with Gasteiger partial charge in [0.2, 0.25) is 0 Å². The highest BCUT2D eigenvalue weighted by molar-refractivity contribution is 5.27. The minimum atomic E-state index is -0.344. The highest BCUT2D eigenvalue weighted by Crippen LogP contribution is 2.24. The van der Waals surface area contributed by atoms with E-state index in [-0.39, 0.29) is 10.8 Å². The standard InChI is InChI=1S/C16H20N2/c1-15(2,11-17)9-13-6-5-7-14(8-13)10-16(3,4)12-18/h5-8H,9-10H2,1-4H3. The molecular weight excluding hydrogens is 220 g/mol. The third-order valence-electron chi connectivity index (χ3n) is 2.89. The lowest BCUT2D eigenvalue weighted by molar-refractivity contribution is 0.486. The summed E-state index contributed by atoms with van der Waals surface area (Å²) < 4.78 is 0. The number of rotatable bonds is 4. The van der Waals surface area contributed by atoms with Crippen molar-refractivity contribution in [1.29, 1.82) is 10.5 Å². The fourth-order valence-electron chi connectivity index (χ4n) is 1.95. The Morgan fingerprint density at radius 1 is 0.889 bits per heavy atom. The van der Waals surface area contributed by atoms with Crippen molar-refractivity contribution >= 4 is 0 Å². The maximum atomic E-state index is 9.06. The number of nitriles is 2. The molecular formula is C16H20N2. The van der Waals surface area contributed by atoms with Gasteiger partial charge in [0, 0.05) is 0 Å². The van der Waals surface area contributed by atoms with Crippen LogP contribution in [0.5, 0.6) is 0 Å². The smallest absolute Gasteiger partial charge is 0.0687 e. The predicted molar refractivity (Wildman–Crippen MR) is 72.6 cm³/mol. The van der Waals surface area contributed by atoms with E-state index >= 15 is 0 Å². The van der Waals surface area contributed by atoms with E-state index < -0.39 is 0 Å². The molecule has 1 aromatic rings. The lowest BCUT2D eigenvalue weighted by Crippen LogP contribution is -2.14. The first-order valence-corrected chi connectivity index (χ1v) is 6.18. The molecule has 2 heteroatoms. The lowest BCUT2D eigenvalue weighted by atomic mass is 9.84. The molecule has 0 saturated heterocycles. The zero-order valence-electron chi connectivity index (χ0n) is 11.6. The molecule has 0 aliphatic carbocycles. The monoisotopic (exact) mass is 240 g/mol. The van der Waals surface area contributed by atoms with Crippen LogP contribution in [0.2, 0.25) is 0 Å². The van der Waals surface area contributed by atoms with E-state index in [0.717, 1.165) is 24.0 Å². The Kier molecular flexibility index (Phi) is 4.15. The number of hydrogen-bond donors (Lipinski definition) is 0. The van der Waals surface area contributed by atoms with Crippen molar-refractivity contribution in [1.82, 2.24) is 0 Å². The minimum absolute atomic E-state index is 0.344. The summed E-state index contributed by atoms with van der Waals surface area (Å²) in [5, 5.41) is 18.1. The van der Waals surface area contributed by atoms with Gasteiger partial charge in [0.25, 0.3) is 0 Å². The molecule has 0 aliphatic heterocycles. The molecule has 0 aliphatic rings. The van der Waals surface area contributed by atoms with E-state index in [1.807, 2.05) is 45.9 Å². The highest BCUT2D eigenvalue weighted by Gasteiger charge is 2.19. The summed E-state index contributed by atoms with van der Waals surface area (Å²) in [7, 11) is 0. The molecule has 18 heavy (non-hydrogen) atoms. The minimum Gasteiger partial charge on any atom is -0.198 e. The third kappa shape index (κ3) is 4.22. The Bertz CT molecular complexity index is 455. The van der Waals surface area contributed by atoms with Gasteiger partial charge in [-0.15, -0.1) is 0 Å². The molecule has 0 N–H and O–H groups in total. The van der Waals surface area contributed by atoms with Gasteiger partial charge in [-0.3, -0.25) is 0 Å². The summed E-state index contributed by atoms with van der Waals surface area (Å²) in [6, 6.07) is 12.8. The number of nitrogens with zero attached hydrogens (tertiary/aromatic N) is 2. The summed E-state index contributed by atoms with van der Waals surface area (Å²) in [6.45, 7) is 7.77. The molecule has 0 unspecified atom stereocenters. The van der Waals surface area contributed by atoms with E-state index in [4.69, 9.17) is 10.5 Å². The Morgan fingerprint density at radius 2 is 1.28 bits per heavy atom. The molecule has 0 fully saturated rings. The van der Waals surface area contributed by atoms with Gasteiger partial charge in [0.1, 0.15) is 0 Å². The van der Waals surface area contributed by atoms with E-state index in [1.54, 1.807) is 0 Å². The Hall–Kier alpha value is -1.80. The molecule has 0 aromatic heterocycles. The highest BCUT2D eigenvalue weighted by atomic mass is 14.3. The second-order valence-corrected chi connectivity index (χ2v) is 6.16. The average Bonchev–Trinajstić information content (AvgIpc) is 2.28. The molecule has 0 heterocycles. The van der Waals surface area contributed by atoms with Crippen LogP contribution in [0, 0.1) is 33.5 Å². The van der Waals surface area contributed by atoms with Crippen LogP contribution in [0.1, 0.15) is 38.8 Å². The molecule has 1 aromatic carbocycles. The zero-order chi connectivity index (χ0) is 13.8. The summed E-state index contributed by atoms with van der Waals surface area (Å²) in [5.74, 6) is 0. The molecule has 0 bridgehead atoms. The average molecular weight is 240 g/mol. The summed E-state index contributed by atoms with van der Waals surface area (Å²) in [6.07, 6.45) is 1.48. The first-order chi connectivity index (χ1) is 8.28. The van der Waals surface area contributed by atoms with Gasteiger partial charge < -0.3 is 0 Å². The van der Waals surface area contributed by atoms with Crippen LogP contribution >= 0.6 is 0 Å². The molecule has 94 valence electrons. The maximum Gasteiger partial charge on any atom is 0.0687 e. The molecule has 0 atom stereocenters. The first-order valence-electron chi connectivity index (χ1n) is 6.18. The summed E-state index contributed by atoms with van der Waals surface area (Å²) >= 11 is 0. The van der Waals surface area contributed by atoms with Crippen molar-refractivity contribution in [3.05, 3.63) is 35.4 Å². The van der Waals surface area contributed by atoms with Gasteiger partial charge in [-0.25, -0.2) is 0 Å². The second-order valence-electron chi connectivity index (χ2n) is 6.16. The van der Waals surface area contributed by atoms with Crippen molar-refractivity contribution in [3.63, 3.8) is 0 Å². The van der Waals surface area contributed by atoms with Crippen molar-refractivity contribution in [3.8, 4) is 12.1 Å². The van der Waals surface area contributed by atoms with Crippen LogP contribution < -0.4 is 0 Å². The molecule has 0 amide bonds. The zero-order valence-corrected chi connectivity index (χ0v) is 11.6. The predicted octanol–water partition coefficient (Wildman–Crippen LogP) is 3.87. The van der Waals surface area contributed by atoms with Gasteiger partial charge >= 0.3 is 0 Å². The molecule has 2 nitrogen and oxygen atoms in total. The van der Waals surface area contributed by atoms with Crippen LogP contribution in [-0.4, -0.2) is 0 Å². The van der Waals surface area contributed by atoms with Gasteiger partial charge in [0.05, 0.1) is 23.0 Å². The Balaban J connectivity index is 2.88. The van der Waals surface area contributed by atoms with Crippen LogP contribution in [0.3, 0.4) is 0 Å². The van der Waals surface area contributed by atoms with Gasteiger partial charge in [-0.2, -0.15) is 10.5 Å². The van der Waals surface area contributed by atoms with Crippen molar-refractivity contribution < 1.29 is 0 Å². The van der Waals surface area contributed by atoms with Crippen molar-refractivity contribution in [2.45, 2.75) is 40.5 Å². The Labute approximate surface area is 110 Å². The van der Waals surface area contributed by atoms with Crippen LogP contribution in [-0.2, 0) is 12.8 Å². The first kappa shape index (κ1) is 14.3. The van der Waals surface area contributed by atoms with E-state index in [2.05, 4.69) is 18.2 Å². The molecule has 0 radical (unpaired) electrons. The fraction of sp³-hybridized carbons (Fsp3) is 0.500. The van der Waals surface area contributed by atoms with E-state index in [0.29, 0.717) is 0 Å². The van der Waals surface area contributed by atoms with Gasteiger partial charge in [-0.05, 0) is 51.7 Å². The van der Waals surface area contributed by atoms with Gasteiger partial charge in [0.15, 0.2) is 0 Å². The van der Waals surface area contributed by atoms with Gasteiger partial charge in [-0.1, -0.05) is 24.3 Å². The lowest BCUT2D eigenvalue weighted by Gasteiger charge is -2.18. The van der Waals surface area contributed by atoms with E-state index in [9.17, 15) is 0 Å². The number of benzene rings is 1. The van der Waals surface area contributed by atoms with Crippen LogP contribution in [0.15, 0.2) is 24.3 Å². The normalized spacial score (nSPS) is 11.7. The second kappa shape index (κ2) is 5.23. The molecule has 0 spiro atoms. The molecule has 1 rings (SSSR count). The topological polar surface area (TPSA) is 47.6 Å². The quantitative estimate of drug-likeness (QED) is 0.802. The summed E-state index contributed by atoms with van der Waals surface area (Å²) in [5.41, 5.74) is 1.63. The SMILES string of the molecule is CC(C)(C#N)Cc1cccc(CC(C)(C)C#N)c1. The largest absolute Gasteiger partial charge is 0.198 e. The molecule has 0 saturated carbocycles. The fourth-order valence-corrected chi connectivity index (χ4v) is 1.95. The van der Waals surface area contributed by atoms with Crippen LogP contribution in [0.4, 0.5) is 0 Å². The maximum absolute atomic E-state index is 9.06. The summed E-state index contributed by atoms with van der Waals surface area (Å²) in [4.78, 5) is 0.